The zero-order valence-electron chi connectivity index (χ0n) is 11.4. The molecular weight excluding hydrogens is 290 g/mol. The number of hydrogen-bond acceptors (Lipinski definition) is 2. The van der Waals surface area contributed by atoms with Crippen molar-refractivity contribution in [3.63, 3.8) is 0 Å². The molecule has 0 amide bonds. The van der Waals surface area contributed by atoms with Gasteiger partial charge in [0.15, 0.2) is 0 Å². The summed E-state index contributed by atoms with van der Waals surface area (Å²) in [5.74, 6) is 1.80. The molecule has 1 fully saturated rings. The van der Waals surface area contributed by atoms with Crippen LogP contribution in [0.1, 0.15) is 25.3 Å². The number of ether oxygens (including phenoxy) is 1. The highest BCUT2D eigenvalue weighted by Crippen LogP contribution is 2.47. The molecule has 1 aromatic rings. The van der Waals surface area contributed by atoms with Crippen LogP contribution in [0.15, 0.2) is 22.7 Å². The molecule has 100 valence electrons. The van der Waals surface area contributed by atoms with Crippen molar-refractivity contribution in [3.05, 3.63) is 28.2 Å². The van der Waals surface area contributed by atoms with Crippen molar-refractivity contribution in [3.8, 4) is 5.75 Å². The summed E-state index contributed by atoms with van der Waals surface area (Å²) in [6, 6.07) is 6.24. The molecule has 0 heterocycles. The Morgan fingerprint density at radius 3 is 2.72 bits per heavy atom. The molecule has 1 saturated carbocycles. The molecule has 0 radical (unpaired) electrons. The van der Waals surface area contributed by atoms with E-state index >= 15 is 0 Å². The van der Waals surface area contributed by atoms with Crippen LogP contribution < -0.4 is 10.1 Å². The Morgan fingerprint density at radius 1 is 1.44 bits per heavy atom. The van der Waals surface area contributed by atoms with E-state index in [0.29, 0.717) is 5.41 Å². The van der Waals surface area contributed by atoms with Gasteiger partial charge >= 0.3 is 0 Å². The smallest absolute Gasteiger partial charge is 0.119 e. The lowest BCUT2D eigenvalue weighted by molar-refractivity contribution is 0.262. The summed E-state index contributed by atoms with van der Waals surface area (Å²) in [4.78, 5) is 0. The van der Waals surface area contributed by atoms with E-state index in [1.165, 1.54) is 22.9 Å². The number of hydrogen-bond donors (Lipinski definition) is 1. The molecule has 0 bridgehead atoms. The van der Waals surface area contributed by atoms with Crippen LogP contribution in [-0.2, 0) is 6.42 Å². The van der Waals surface area contributed by atoms with E-state index in [1.807, 2.05) is 13.1 Å². The lowest BCUT2D eigenvalue weighted by Gasteiger charge is -2.30. The summed E-state index contributed by atoms with van der Waals surface area (Å²) in [6.45, 7) is 3.47. The van der Waals surface area contributed by atoms with Crippen LogP contribution in [0, 0.1) is 11.3 Å². The molecule has 3 heteroatoms. The summed E-state index contributed by atoms with van der Waals surface area (Å²) in [6.07, 6.45) is 3.84. The Hall–Kier alpha value is -0.540. The van der Waals surface area contributed by atoms with Crippen LogP contribution in [0.5, 0.6) is 5.75 Å². The van der Waals surface area contributed by atoms with E-state index in [-0.39, 0.29) is 0 Å². The fraction of sp³-hybridized carbons (Fsp3) is 0.600. The van der Waals surface area contributed by atoms with Crippen molar-refractivity contribution in [1.82, 2.24) is 5.32 Å². The Bertz CT molecular complexity index is 417. The van der Waals surface area contributed by atoms with E-state index in [1.54, 1.807) is 7.11 Å². The molecule has 2 nitrogen and oxygen atoms in total. The second-order valence-corrected chi connectivity index (χ2v) is 6.45. The molecular formula is C15H22BrNO. The summed E-state index contributed by atoms with van der Waals surface area (Å²) >= 11 is 3.66. The predicted molar refractivity (Wildman–Crippen MR) is 79.2 cm³/mol. The molecule has 1 aliphatic carbocycles. The SMILES string of the molecule is CNCC(C)(Cc1cc(OC)ccc1Br)C1CC1. The number of benzene rings is 1. The monoisotopic (exact) mass is 311 g/mol. The zero-order chi connectivity index (χ0) is 13.2. The number of rotatable bonds is 6. The standard InChI is InChI=1S/C15H22BrNO/c1-15(10-17-2,12-4-5-12)9-11-8-13(18-3)6-7-14(11)16/h6-8,12,17H,4-5,9-10H2,1-3H3. The minimum atomic E-state index is 0.351. The molecule has 1 atom stereocenters. The quantitative estimate of drug-likeness (QED) is 0.866. The van der Waals surface area contributed by atoms with E-state index in [4.69, 9.17) is 4.74 Å². The number of nitrogens with one attached hydrogen (secondary N) is 1. The van der Waals surface area contributed by atoms with Crippen molar-refractivity contribution in [2.45, 2.75) is 26.2 Å². The molecule has 1 N–H and O–H groups in total. The van der Waals surface area contributed by atoms with Gasteiger partial charge in [-0.2, -0.15) is 0 Å². The van der Waals surface area contributed by atoms with Crippen molar-refractivity contribution < 1.29 is 4.74 Å². The summed E-state index contributed by atoms with van der Waals surface area (Å²) in [5.41, 5.74) is 1.70. The summed E-state index contributed by atoms with van der Waals surface area (Å²) < 4.78 is 6.51. The zero-order valence-corrected chi connectivity index (χ0v) is 13.0. The molecule has 2 rings (SSSR count). The molecule has 0 spiro atoms. The highest BCUT2D eigenvalue weighted by Gasteiger charge is 2.41. The van der Waals surface area contributed by atoms with E-state index in [9.17, 15) is 0 Å². The minimum Gasteiger partial charge on any atom is -0.497 e. The van der Waals surface area contributed by atoms with Crippen molar-refractivity contribution in [2.75, 3.05) is 20.7 Å². The second-order valence-electron chi connectivity index (χ2n) is 5.59. The first-order chi connectivity index (χ1) is 8.59. The minimum absolute atomic E-state index is 0.351. The number of methoxy groups -OCH3 is 1. The van der Waals surface area contributed by atoms with Gasteiger partial charge in [-0.25, -0.2) is 0 Å². The van der Waals surface area contributed by atoms with Gasteiger partial charge in [0.1, 0.15) is 5.75 Å². The Labute approximate surface area is 118 Å². The third-order valence-corrected chi connectivity index (χ3v) is 4.76. The Balaban J connectivity index is 2.20. The third kappa shape index (κ3) is 3.07. The summed E-state index contributed by atoms with van der Waals surface area (Å²) in [7, 11) is 3.77. The Morgan fingerprint density at radius 2 is 2.17 bits per heavy atom. The van der Waals surface area contributed by atoms with Crippen LogP contribution in [0.3, 0.4) is 0 Å². The fourth-order valence-electron chi connectivity index (χ4n) is 2.78. The molecule has 1 aromatic carbocycles. The second kappa shape index (κ2) is 5.62. The van der Waals surface area contributed by atoms with Gasteiger partial charge in [-0.3, -0.25) is 0 Å². The fourth-order valence-corrected chi connectivity index (χ4v) is 3.17. The highest BCUT2D eigenvalue weighted by atomic mass is 79.9. The number of halogens is 1. The van der Waals surface area contributed by atoms with Crippen LogP contribution >= 0.6 is 15.9 Å². The lowest BCUT2D eigenvalue weighted by Crippen LogP contribution is -2.34. The molecule has 1 unspecified atom stereocenters. The molecule has 0 aliphatic heterocycles. The molecule has 0 aromatic heterocycles. The van der Waals surface area contributed by atoms with E-state index < -0.39 is 0 Å². The van der Waals surface area contributed by atoms with Gasteiger partial charge in [-0.05, 0) is 61.4 Å². The maximum absolute atomic E-state index is 5.32. The molecule has 1 aliphatic rings. The first kappa shape index (κ1) is 13.9. The first-order valence-corrected chi connectivity index (χ1v) is 7.35. The average Bonchev–Trinajstić information content (AvgIpc) is 3.16. The third-order valence-electron chi connectivity index (χ3n) is 3.99. The van der Waals surface area contributed by atoms with Crippen LogP contribution in [-0.4, -0.2) is 20.7 Å². The van der Waals surface area contributed by atoms with Gasteiger partial charge < -0.3 is 10.1 Å². The van der Waals surface area contributed by atoms with Gasteiger partial charge in [-0.1, -0.05) is 22.9 Å². The van der Waals surface area contributed by atoms with Crippen LogP contribution in [0.2, 0.25) is 0 Å². The largest absolute Gasteiger partial charge is 0.497 e. The molecule has 18 heavy (non-hydrogen) atoms. The topological polar surface area (TPSA) is 21.3 Å². The van der Waals surface area contributed by atoms with E-state index in [0.717, 1.165) is 24.6 Å². The predicted octanol–water partition coefficient (Wildman–Crippen LogP) is 3.64. The molecule has 0 saturated heterocycles. The highest BCUT2D eigenvalue weighted by molar-refractivity contribution is 9.10. The van der Waals surface area contributed by atoms with Gasteiger partial charge in [-0.15, -0.1) is 0 Å². The van der Waals surface area contributed by atoms with Crippen molar-refractivity contribution in [2.24, 2.45) is 11.3 Å². The van der Waals surface area contributed by atoms with Gasteiger partial charge in [0.2, 0.25) is 0 Å². The first-order valence-electron chi connectivity index (χ1n) is 6.56. The van der Waals surface area contributed by atoms with Crippen LogP contribution in [0.25, 0.3) is 0 Å². The van der Waals surface area contributed by atoms with Gasteiger partial charge in [0, 0.05) is 11.0 Å². The van der Waals surface area contributed by atoms with Gasteiger partial charge in [0.05, 0.1) is 7.11 Å². The average molecular weight is 312 g/mol. The summed E-state index contributed by atoms with van der Waals surface area (Å²) in [5, 5.41) is 3.35. The maximum Gasteiger partial charge on any atom is 0.119 e. The van der Waals surface area contributed by atoms with Crippen molar-refractivity contribution >= 4 is 15.9 Å². The van der Waals surface area contributed by atoms with Gasteiger partial charge in [0.25, 0.3) is 0 Å². The van der Waals surface area contributed by atoms with Crippen LogP contribution in [0.4, 0.5) is 0 Å². The maximum atomic E-state index is 5.32. The lowest BCUT2D eigenvalue weighted by atomic mass is 9.79. The normalized spacial score (nSPS) is 18.4. The van der Waals surface area contributed by atoms with E-state index in [2.05, 4.69) is 40.3 Å². The Kier molecular flexibility index (Phi) is 4.33. The van der Waals surface area contributed by atoms with Crippen molar-refractivity contribution in [1.29, 1.82) is 0 Å².